The molecule has 1 spiro atoms. The van der Waals surface area contributed by atoms with Crippen molar-refractivity contribution in [1.29, 1.82) is 0 Å². The van der Waals surface area contributed by atoms with Crippen LogP contribution in [0.3, 0.4) is 0 Å². The molecule has 3 saturated heterocycles. The van der Waals surface area contributed by atoms with Crippen molar-refractivity contribution in [3.05, 3.63) is 24.3 Å². The summed E-state index contributed by atoms with van der Waals surface area (Å²) in [5, 5.41) is 15.1. The largest absolute Gasteiger partial charge is 0.494 e. The number of fused-ring (bicyclic) bond motifs is 1. The number of unbranched alkanes of at least 4 members (excludes halogenated alkanes) is 4. The van der Waals surface area contributed by atoms with Gasteiger partial charge < -0.3 is 30.1 Å². The molecule has 1 aromatic carbocycles. The maximum atomic E-state index is 13.8. The average molecular weight is 516 g/mol. The number of rotatable bonds is 14. The first-order valence-corrected chi connectivity index (χ1v) is 13.9. The van der Waals surface area contributed by atoms with E-state index in [0.29, 0.717) is 51.1 Å². The fourth-order valence-corrected chi connectivity index (χ4v) is 6.28. The fraction of sp³-hybridized carbons (Fsp3) is 0.679. The predicted octanol–water partition coefficient (Wildman–Crippen LogP) is 2.87. The first kappa shape index (κ1) is 27.4. The molecule has 37 heavy (non-hydrogen) atoms. The van der Waals surface area contributed by atoms with E-state index in [4.69, 9.17) is 14.6 Å². The van der Waals surface area contributed by atoms with Gasteiger partial charge in [-0.25, -0.2) is 0 Å². The number of aliphatic hydroxyl groups excluding tert-OH is 1. The molecule has 5 atom stereocenters. The molecule has 0 aromatic heterocycles. The lowest BCUT2D eigenvalue weighted by Crippen LogP contribution is -2.55. The van der Waals surface area contributed by atoms with Gasteiger partial charge in [0.1, 0.15) is 17.4 Å². The second-order valence-corrected chi connectivity index (χ2v) is 10.3. The lowest BCUT2D eigenvalue weighted by atomic mass is 9.70. The van der Waals surface area contributed by atoms with Crippen LogP contribution in [0.5, 0.6) is 5.75 Å². The summed E-state index contributed by atoms with van der Waals surface area (Å²) in [6.07, 6.45) is 5.89. The number of carbonyl (C=O) groups is 3. The van der Waals surface area contributed by atoms with Gasteiger partial charge in [0.15, 0.2) is 0 Å². The van der Waals surface area contributed by atoms with Gasteiger partial charge in [-0.1, -0.05) is 19.8 Å². The average Bonchev–Trinajstić information content (AvgIpc) is 3.53. The Kier molecular flexibility index (Phi) is 9.08. The zero-order valence-corrected chi connectivity index (χ0v) is 22.0. The van der Waals surface area contributed by atoms with Gasteiger partial charge in [0.2, 0.25) is 17.7 Å². The van der Waals surface area contributed by atoms with Crippen molar-refractivity contribution >= 4 is 23.4 Å². The Morgan fingerprint density at radius 2 is 1.89 bits per heavy atom. The number of amides is 3. The molecule has 0 aliphatic carbocycles. The van der Waals surface area contributed by atoms with Crippen LogP contribution in [0.2, 0.25) is 0 Å². The van der Waals surface area contributed by atoms with E-state index < -0.39 is 23.5 Å². The maximum absolute atomic E-state index is 13.8. The molecule has 3 heterocycles. The van der Waals surface area contributed by atoms with E-state index in [1.807, 2.05) is 6.92 Å². The summed E-state index contributed by atoms with van der Waals surface area (Å²) in [5.41, 5.74) is -0.351. The van der Waals surface area contributed by atoms with E-state index in [0.717, 1.165) is 31.4 Å². The maximum Gasteiger partial charge on any atom is 0.245 e. The van der Waals surface area contributed by atoms with Gasteiger partial charge in [-0.2, -0.15) is 0 Å². The quantitative estimate of drug-likeness (QED) is 0.328. The molecular formula is C28H41N3O6. The smallest absolute Gasteiger partial charge is 0.245 e. The number of aliphatic hydroxyl groups is 1. The van der Waals surface area contributed by atoms with Crippen molar-refractivity contribution in [3.63, 3.8) is 0 Å². The van der Waals surface area contributed by atoms with Crippen LogP contribution in [-0.2, 0) is 19.1 Å². The highest BCUT2D eigenvalue weighted by molar-refractivity contribution is 6.02. The Morgan fingerprint density at radius 3 is 2.59 bits per heavy atom. The SMILES string of the molecule is CCCCCNC(=O)C1N(CCCCCO)C(=O)[C@@H]2[C@@H](C(=O)Nc3ccc(OCC)cc3)[C@H]3CCC12O3. The van der Waals surface area contributed by atoms with E-state index >= 15 is 0 Å². The number of nitrogens with zero attached hydrogens (tertiary/aromatic N) is 1. The van der Waals surface area contributed by atoms with Gasteiger partial charge in [-0.3, -0.25) is 14.4 Å². The summed E-state index contributed by atoms with van der Waals surface area (Å²) in [6.45, 7) is 5.64. The minimum absolute atomic E-state index is 0.0977. The third-order valence-electron chi connectivity index (χ3n) is 7.92. The standard InChI is InChI=1S/C28H41N3O6/c1-3-5-7-16-29-26(34)24-28-15-14-21(37-28)22(23(28)27(35)31(24)17-8-6-9-18-32)25(33)30-19-10-12-20(13-11-19)36-4-2/h10-13,21-24,32H,3-9,14-18H2,1-2H3,(H,29,34)(H,30,33)/t21-,22+,23+,24?,28?/m1/s1. The summed E-state index contributed by atoms with van der Waals surface area (Å²) >= 11 is 0. The third kappa shape index (κ3) is 5.48. The molecule has 0 radical (unpaired) electrons. The van der Waals surface area contributed by atoms with Crippen LogP contribution >= 0.6 is 0 Å². The molecule has 0 saturated carbocycles. The molecule has 3 fully saturated rings. The Morgan fingerprint density at radius 1 is 1.11 bits per heavy atom. The zero-order chi connectivity index (χ0) is 26.4. The summed E-state index contributed by atoms with van der Waals surface area (Å²) in [4.78, 5) is 42.5. The lowest BCUT2D eigenvalue weighted by Gasteiger charge is -2.33. The molecule has 3 aliphatic heterocycles. The number of ether oxygens (including phenoxy) is 2. The van der Waals surface area contributed by atoms with E-state index in [2.05, 4.69) is 17.6 Å². The predicted molar refractivity (Wildman–Crippen MR) is 139 cm³/mol. The highest BCUT2D eigenvalue weighted by atomic mass is 16.5. The number of hydrogen-bond donors (Lipinski definition) is 3. The zero-order valence-electron chi connectivity index (χ0n) is 22.0. The Bertz CT molecular complexity index is 954. The van der Waals surface area contributed by atoms with Gasteiger partial charge in [0.05, 0.1) is 24.5 Å². The van der Waals surface area contributed by atoms with Crippen LogP contribution in [0.1, 0.15) is 65.2 Å². The van der Waals surface area contributed by atoms with Crippen molar-refractivity contribution in [1.82, 2.24) is 10.2 Å². The van der Waals surface area contributed by atoms with Crippen molar-refractivity contribution in [2.75, 3.05) is 31.6 Å². The molecule has 2 unspecified atom stereocenters. The fourth-order valence-electron chi connectivity index (χ4n) is 6.28. The van der Waals surface area contributed by atoms with Crippen molar-refractivity contribution < 1.29 is 29.0 Å². The highest BCUT2D eigenvalue weighted by Gasteiger charge is 2.74. The lowest BCUT2D eigenvalue weighted by molar-refractivity contribution is -0.141. The summed E-state index contributed by atoms with van der Waals surface area (Å²) in [7, 11) is 0. The normalized spacial score (nSPS) is 27.9. The van der Waals surface area contributed by atoms with Crippen LogP contribution in [0, 0.1) is 11.8 Å². The van der Waals surface area contributed by atoms with Gasteiger partial charge in [0, 0.05) is 25.4 Å². The van der Waals surface area contributed by atoms with E-state index in [-0.39, 0.29) is 30.4 Å². The van der Waals surface area contributed by atoms with Crippen LogP contribution in [0.15, 0.2) is 24.3 Å². The second kappa shape index (κ2) is 12.3. The first-order chi connectivity index (χ1) is 18.0. The summed E-state index contributed by atoms with van der Waals surface area (Å²) < 4.78 is 11.9. The number of carbonyl (C=O) groups excluding carboxylic acids is 3. The van der Waals surface area contributed by atoms with Crippen LogP contribution in [0.4, 0.5) is 5.69 Å². The minimum atomic E-state index is -0.978. The molecule has 9 nitrogen and oxygen atoms in total. The summed E-state index contributed by atoms with van der Waals surface area (Å²) in [5.74, 6) is -1.23. The summed E-state index contributed by atoms with van der Waals surface area (Å²) in [6, 6.07) is 6.41. The second-order valence-electron chi connectivity index (χ2n) is 10.3. The minimum Gasteiger partial charge on any atom is -0.494 e. The number of benzene rings is 1. The van der Waals surface area contributed by atoms with E-state index in [1.165, 1.54) is 0 Å². The Labute approximate surface area is 219 Å². The van der Waals surface area contributed by atoms with E-state index in [1.54, 1.807) is 29.2 Å². The number of nitrogens with one attached hydrogen (secondary N) is 2. The van der Waals surface area contributed by atoms with Crippen LogP contribution < -0.4 is 15.4 Å². The van der Waals surface area contributed by atoms with Crippen molar-refractivity contribution in [3.8, 4) is 5.75 Å². The van der Waals surface area contributed by atoms with Crippen molar-refractivity contribution in [2.24, 2.45) is 11.8 Å². The third-order valence-corrected chi connectivity index (χ3v) is 7.92. The number of likely N-dealkylation sites (tertiary alicyclic amines) is 1. The number of anilines is 1. The van der Waals surface area contributed by atoms with Crippen LogP contribution in [0.25, 0.3) is 0 Å². The van der Waals surface area contributed by atoms with Gasteiger partial charge in [-0.15, -0.1) is 0 Å². The van der Waals surface area contributed by atoms with E-state index in [9.17, 15) is 14.4 Å². The molecule has 3 N–H and O–H groups in total. The molecule has 204 valence electrons. The molecule has 9 heteroatoms. The molecule has 1 aromatic rings. The number of hydrogen-bond acceptors (Lipinski definition) is 6. The molecule has 3 aliphatic rings. The Hall–Kier alpha value is -2.65. The monoisotopic (exact) mass is 515 g/mol. The topological polar surface area (TPSA) is 117 Å². The Balaban J connectivity index is 1.53. The van der Waals surface area contributed by atoms with Crippen LogP contribution in [-0.4, -0.2) is 71.8 Å². The van der Waals surface area contributed by atoms with Gasteiger partial charge in [0.25, 0.3) is 0 Å². The molecular weight excluding hydrogens is 474 g/mol. The molecule has 3 amide bonds. The first-order valence-electron chi connectivity index (χ1n) is 13.9. The molecule has 2 bridgehead atoms. The van der Waals surface area contributed by atoms with Gasteiger partial charge in [-0.05, 0) is 69.7 Å². The highest BCUT2D eigenvalue weighted by Crippen LogP contribution is 2.58. The van der Waals surface area contributed by atoms with Gasteiger partial charge >= 0.3 is 0 Å². The molecule has 4 rings (SSSR count). The van der Waals surface area contributed by atoms with Crippen molar-refractivity contribution in [2.45, 2.75) is 83.0 Å².